The van der Waals surface area contributed by atoms with Gasteiger partial charge in [-0.25, -0.2) is 4.98 Å². The standard InChI is InChI=1S/C19H15N5O/c1-12-17(18(24-23-12)13-7-3-2-4-8-13)22-19(25)16-11-20-14-9-5-6-10-15(14)21-16/h2-11H,1H3,(H,22,25)(H,23,24). The highest BCUT2D eigenvalue weighted by Gasteiger charge is 2.17. The molecular formula is C19H15N5O. The van der Waals surface area contributed by atoms with Crippen LogP contribution in [0.15, 0.2) is 60.8 Å². The molecule has 0 aliphatic carbocycles. The Kier molecular flexibility index (Phi) is 3.70. The van der Waals surface area contributed by atoms with Crippen LogP contribution in [0.1, 0.15) is 16.2 Å². The Bertz CT molecular complexity index is 1060. The van der Waals surface area contributed by atoms with Crippen molar-refractivity contribution in [2.24, 2.45) is 0 Å². The lowest BCUT2D eigenvalue weighted by Gasteiger charge is -2.07. The van der Waals surface area contributed by atoms with Gasteiger partial charge in [0.05, 0.1) is 28.6 Å². The van der Waals surface area contributed by atoms with Crippen molar-refractivity contribution >= 4 is 22.6 Å². The topological polar surface area (TPSA) is 83.6 Å². The first kappa shape index (κ1) is 15.0. The van der Waals surface area contributed by atoms with Gasteiger partial charge in [0.1, 0.15) is 11.4 Å². The Morgan fingerprint density at radius 1 is 1.00 bits per heavy atom. The second-order valence-corrected chi connectivity index (χ2v) is 5.64. The Morgan fingerprint density at radius 2 is 1.72 bits per heavy atom. The molecule has 0 saturated carbocycles. The highest BCUT2D eigenvalue weighted by molar-refractivity contribution is 6.05. The molecule has 4 rings (SSSR count). The van der Waals surface area contributed by atoms with Gasteiger partial charge >= 0.3 is 0 Å². The molecule has 6 nitrogen and oxygen atoms in total. The lowest BCUT2D eigenvalue weighted by molar-refractivity contribution is 0.102. The molecule has 0 bridgehead atoms. The van der Waals surface area contributed by atoms with Crippen molar-refractivity contribution < 1.29 is 4.79 Å². The number of hydrogen-bond acceptors (Lipinski definition) is 4. The Balaban J connectivity index is 1.68. The van der Waals surface area contributed by atoms with Gasteiger partial charge in [-0.05, 0) is 19.1 Å². The molecule has 4 aromatic rings. The molecule has 2 N–H and O–H groups in total. The Labute approximate surface area is 144 Å². The van der Waals surface area contributed by atoms with Gasteiger partial charge in [0.25, 0.3) is 5.91 Å². The third kappa shape index (κ3) is 2.85. The molecule has 122 valence electrons. The number of fused-ring (bicyclic) bond motifs is 1. The fourth-order valence-corrected chi connectivity index (χ4v) is 2.63. The van der Waals surface area contributed by atoms with Crippen LogP contribution in [0.2, 0.25) is 0 Å². The predicted octanol–water partition coefficient (Wildman–Crippen LogP) is 3.58. The van der Waals surface area contributed by atoms with Crippen LogP contribution in [0.5, 0.6) is 0 Å². The van der Waals surface area contributed by atoms with E-state index in [0.29, 0.717) is 16.9 Å². The summed E-state index contributed by atoms with van der Waals surface area (Å²) in [4.78, 5) is 21.3. The summed E-state index contributed by atoms with van der Waals surface area (Å²) in [5.74, 6) is -0.320. The second kappa shape index (κ2) is 6.16. The van der Waals surface area contributed by atoms with Crippen molar-refractivity contribution in [1.82, 2.24) is 20.2 Å². The van der Waals surface area contributed by atoms with Crippen LogP contribution < -0.4 is 5.32 Å². The van der Waals surface area contributed by atoms with Gasteiger partial charge in [0.2, 0.25) is 0 Å². The Hall–Kier alpha value is -3.54. The predicted molar refractivity (Wildman–Crippen MR) is 96.3 cm³/mol. The highest BCUT2D eigenvalue weighted by Crippen LogP contribution is 2.28. The average Bonchev–Trinajstić information content (AvgIpc) is 3.02. The van der Waals surface area contributed by atoms with E-state index in [0.717, 1.165) is 16.8 Å². The van der Waals surface area contributed by atoms with Gasteiger partial charge in [-0.15, -0.1) is 0 Å². The number of aryl methyl sites for hydroxylation is 1. The van der Waals surface area contributed by atoms with Gasteiger partial charge in [-0.2, -0.15) is 5.10 Å². The van der Waals surface area contributed by atoms with E-state index in [1.165, 1.54) is 6.20 Å². The minimum absolute atomic E-state index is 0.262. The molecule has 6 heteroatoms. The van der Waals surface area contributed by atoms with Crippen LogP contribution >= 0.6 is 0 Å². The average molecular weight is 329 g/mol. The Morgan fingerprint density at radius 3 is 2.52 bits per heavy atom. The molecule has 0 atom stereocenters. The second-order valence-electron chi connectivity index (χ2n) is 5.64. The summed E-state index contributed by atoms with van der Waals surface area (Å²) in [6, 6.07) is 17.1. The first-order chi connectivity index (χ1) is 12.2. The molecule has 0 aliphatic heterocycles. The highest BCUT2D eigenvalue weighted by atomic mass is 16.1. The quantitative estimate of drug-likeness (QED) is 0.602. The van der Waals surface area contributed by atoms with Crippen LogP contribution in [0.4, 0.5) is 5.69 Å². The fraction of sp³-hybridized carbons (Fsp3) is 0.0526. The summed E-state index contributed by atoms with van der Waals surface area (Å²) in [7, 11) is 0. The molecular weight excluding hydrogens is 314 g/mol. The SMILES string of the molecule is Cc1[nH]nc(-c2ccccc2)c1NC(=O)c1cnc2ccccc2n1. The van der Waals surface area contributed by atoms with E-state index in [1.54, 1.807) is 0 Å². The summed E-state index contributed by atoms with van der Waals surface area (Å²) in [6.07, 6.45) is 1.48. The van der Waals surface area contributed by atoms with Crippen molar-refractivity contribution in [3.8, 4) is 11.3 Å². The van der Waals surface area contributed by atoms with Crippen molar-refractivity contribution in [2.45, 2.75) is 6.92 Å². The maximum Gasteiger partial charge on any atom is 0.275 e. The van der Waals surface area contributed by atoms with Gasteiger partial charge < -0.3 is 5.32 Å². The van der Waals surface area contributed by atoms with Gasteiger partial charge in [0.15, 0.2) is 0 Å². The number of rotatable bonds is 3. The number of para-hydroxylation sites is 2. The van der Waals surface area contributed by atoms with E-state index in [-0.39, 0.29) is 11.6 Å². The van der Waals surface area contributed by atoms with E-state index in [2.05, 4.69) is 25.5 Å². The maximum atomic E-state index is 12.6. The lowest BCUT2D eigenvalue weighted by Crippen LogP contribution is -2.15. The van der Waals surface area contributed by atoms with Crippen molar-refractivity contribution in [3.05, 3.63) is 72.2 Å². The van der Waals surface area contributed by atoms with E-state index in [9.17, 15) is 4.79 Å². The molecule has 0 aliphatic rings. The number of nitrogens with zero attached hydrogens (tertiary/aromatic N) is 3. The first-order valence-corrected chi connectivity index (χ1v) is 7.86. The molecule has 0 radical (unpaired) electrons. The number of H-pyrrole nitrogens is 1. The van der Waals surface area contributed by atoms with Gasteiger partial charge in [-0.1, -0.05) is 42.5 Å². The van der Waals surface area contributed by atoms with Crippen LogP contribution in [0, 0.1) is 6.92 Å². The maximum absolute atomic E-state index is 12.6. The number of nitrogens with one attached hydrogen (secondary N) is 2. The first-order valence-electron chi connectivity index (χ1n) is 7.86. The van der Waals surface area contributed by atoms with Gasteiger partial charge in [0, 0.05) is 5.56 Å². The third-order valence-corrected chi connectivity index (χ3v) is 3.91. The lowest BCUT2D eigenvalue weighted by atomic mass is 10.1. The molecule has 0 fully saturated rings. The molecule has 2 aromatic carbocycles. The number of carbonyl (C=O) groups excluding carboxylic acids is 1. The number of aromatic amines is 1. The summed E-state index contributed by atoms with van der Waals surface area (Å²) in [6.45, 7) is 1.86. The van der Waals surface area contributed by atoms with E-state index >= 15 is 0 Å². The molecule has 0 saturated heterocycles. The summed E-state index contributed by atoms with van der Waals surface area (Å²) >= 11 is 0. The van der Waals surface area contributed by atoms with E-state index in [1.807, 2.05) is 61.5 Å². The zero-order valence-corrected chi connectivity index (χ0v) is 13.5. The van der Waals surface area contributed by atoms with Crippen LogP contribution in [0.25, 0.3) is 22.3 Å². The number of hydrogen-bond donors (Lipinski definition) is 2. The number of anilines is 1. The molecule has 1 amide bonds. The number of aromatic nitrogens is 4. The van der Waals surface area contributed by atoms with Crippen LogP contribution in [-0.2, 0) is 0 Å². The number of carbonyl (C=O) groups is 1. The zero-order valence-electron chi connectivity index (χ0n) is 13.5. The fourth-order valence-electron chi connectivity index (χ4n) is 2.63. The summed E-state index contributed by atoms with van der Waals surface area (Å²) in [5.41, 5.74) is 4.74. The summed E-state index contributed by atoms with van der Waals surface area (Å²) < 4.78 is 0. The number of benzene rings is 2. The van der Waals surface area contributed by atoms with Gasteiger partial charge in [-0.3, -0.25) is 14.9 Å². The van der Waals surface area contributed by atoms with Crippen molar-refractivity contribution in [2.75, 3.05) is 5.32 Å². The molecule has 2 aromatic heterocycles. The monoisotopic (exact) mass is 329 g/mol. The van der Waals surface area contributed by atoms with Crippen molar-refractivity contribution in [1.29, 1.82) is 0 Å². The zero-order chi connectivity index (χ0) is 17.2. The normalized spacial score (nSPS) is 10.8. The minimum Gasteiger partial charge on any atom is -0.317 e. The third-order valence-electron chi connectivity index (χ3n) is 3.91. The van der Waals surface area contributed by atoms with Crippen molar-refractivity contribution in [3.63, 3.8) is 0 Å². The molecule has 0 spiro atoms. The van der Waals surface area contributed by atoms with Crippen LogP contribution in [0.3, 0.4) is 0 Å². The van der Waals surface area contributed by atoms with Crippen LogP contribution in [-0.4, -0.2) is 26.1 Å². The minimum atomic E-state index is -0.320. The largest absolute Gasteiger partial charge is 0.317 e. The molecule has 2 heterocycles. The van der Waals surface area contributed by atoms with E-state index in [4.69, 9.17) is 0 Å². The smallest absolute Gasteiger partial charge is 0.275 e. The summed E-state index contributed by atoms with van der Waals surface area (Å²) in [5, 5.41) is 10.1. The molecule has 25 heavy (non-hydrogen) atoms. The number of amides is 1. The molecule has 0 unspecified atom stereocenters. The van der Waals surface area contributed by atoms with E-state index < -0.39 is 0 Å².